The van der Waals surface area contributed by atoms with E-state index >= 15 is 0 Å². The molecule has 0 heterocycles. The van der Waals surface area contributed by atoms with Gasteiger partial charge in [0.2, 0.25) is 0 Å². The van der Waals surface area contributed by atoms with Crippen LogP contribution in [0.25, 0.3) is 0 Å². The number of thiocarbonyl (C=S) groups is 2. The topological polar surface area (TPSA) is 72.8 Å². The molecule has 114 valence electrons. The van der Waals surface area contributed by atoms with Crippen molar-refractivity contribution < 1.29 is 19.5 Å². The van der Waals surface area contributed by atoms with Gasteiger partial charge in [0.15, 0.2) is 10.2 Å². The summed E-state index contributed by atoms with van der Waals surface area (Å²) in [6.07, 6.45) is 1.57. The minimum atomic E-state index is 0. The molecule has 0 aliphatic rings. The Labute approximate surface area is 154 Å². The zero-order valence-electron chi connectivity index (χ0n) is 12.8. The Morgan fingerprint density at radius 1 is 1.00 bits per heavy atom. The molecule has 6 nitrogen and oxygen atoms in total. The molecule has 1 aromatic carbocycles. The normalized spacial score (nSPS) is 10.6. The van der Waals surface area contributed by atoms with Crippen molar-refractivity contribution in [2.45, 2.75) is 6.92 Å². The summed E-state index contributed by atoms with van der Waals surface area (Å²) in [7, 11) is 3.43. The fourth-order valence-electron chi connectivity index (χ4n) is 1.27. The number of hydrazone groups is 2. The van der Waals surface area contributed by atoms with Crippen LogP contribution in [0.3, 0.4) is 0 Å². The van der Waals surface area contributed by atoms with E-state index in [-0.39, 0.29) is 19.5 Å². The largest absolute Gasteiger partial charge is 0.364 e. The molecule has 0 amide bonds. The molecule has 4 N–H and O–H groups in total. The summed E-state index contributed by atoms with van der Waals surface area (Å²) in [6, 6.07) is 7.92. The third kappa shape index (κ3) is 7.54. The molecule has 9 heteroatoms. The van der Waals surface area contributed by atoms with Crippen molar-refractivity contribution in [2.24, 2.45) is 10.2 Å². The van der Waals surface area contributed by atoms with Crippen LogP contribution in [0, 0.1) is 6.92 Å². The quantitative estimate of drug-likeness (QED) is 0.266. The predicted molar refractivity (Wildman–Crippen MR) is 95.8 cm³/mol. The maximum Gasteiger partial charge on any atom is 0.186 e. The Balaban J connectivity index is 0.00000441. The van der Waals surface area contributed by atoms with E-state index in [9.17, 15) is 0 Å². The van der Waals surface area contributed by atoms with Crippen molar-refractivity contribution in [3.63, 3.8) is 0 Å². The number of hydrogen-bond donors (Lipinski definition) is 4. The molecule has 0 radical (unpaired) electrons. The van der Waals surface area contributed by atoms with E-state index in [0.717, 1.165) is 5.56 Å². The van der Waals surface area contributed by atoms with Crippen molar-refractivity contribution in [1.82, 2.24) is 21.5 Å². The van der Waals surface area contributed by atoms with Crippen molar-refractivity contribution in [1.29, 1.82) is 0 Å². The molecule has 0 saturated carbocycles. The third-order valence-electron chi connectivity index (χ3n) is 2.43. The number of nitrogens with one attached hydrogen (secondary N) is 4. The van der Waals surface area contributed by atoms with Gasteiger partial charge in [-0.1, -0.05) is 29.8 Å². The van der Waals surface area contributed by atoms with Gasteiger partial charge in [0.05, 0.1) is 6.21 Å². The van der Waals surface area contributed by atoms with Crippen LogP contribution < -0.4 is 21.5 Å². The van der Waals surface area contributed by atoms with Crippen LogP contribution >= 0.6 is 24.4 Å². The first-order valence-electron chi connectivity index (χ1n) is 6.20. The van der Waals surface area contributed by atoms with Gasteiger partial charge in [0.25, 0.3) is 0 Å². The van der Waals surface area contributed by atoms with Gasteiger partial charge < -0.3 is 10.6 Å². The zero-order chi connectivity index (χ0) is 15.7. The number of benzene rings is 1. The molecule has 0 aliphatic heterocycles. The monoisotopic (exact) mass is 386 g/mol. The Bertz CT molecular complexity index is 556. The summed E-state index contributed by atoms with van der Waals surface area (Å²) >= 11 is 9.94. The second kappa shape index (κ2) is 11.2. The summed E-state index contributed by atoms with van der Waals surface area (Å²) in [5.41, 5.74) is 8.12. The van der Waals surface area contributed by atoms with Crippen molar-refractivity contribution >= 4 is 46.6 Å². The van der Waals surface area contributed by atoms with Crippen LogP contribution in [0.1, 0.15) is 11.1 Å². The van der Waals surface area contributed by atoms with Gasteiger partial charge in [-0.3, -0.25) is 10.9 Å². The molecule has 1 aromatic rings. The van der Waals surface area contributed by atoms with E-state index in [1.807, 2.05) is 31.2 Å². The van der Waals surface area contributed by atoms with Gasteiger partial charge in [0.1, 0.15) is 5.71 Å². The van der Waals surface area contributed by atoms with Crippen molar-refractivity contribution in [3.05, 3.63) is 35.4 Å². The Hall–Kier alpha value is -1.44. The van der Waals surface area contributed by atoms with E-state index in [4.69, 9.17) is 24.4 Å². The standard InChI is InChI=1S/C13H18N6S2.Zn/c1-9-4-6-10(7-5-9)11(17-19-13(21)15-3)8-16-18-12(20)14-2;/h4-8H,1-3H3,(H2,14,18,20)(H2,15,19,21);. The summed E-state index contributed by atoms with van der Waals surface area (Å²) in [5.74, 6) is 0. The molecule has 0 saturated heterocycles. The van der Waals surface area contributed by atoms with Crippen LogP contribution in [0.4, 0.5) is 0 Å². The molecule has 0 atom stereocenters. The van der Waals surface area contributed by atoms with E-state index in [2.05, 4.69) is 31.7 Å². The van der Waals surface area contributed by atoms with Crippen molar-refractivity contribution in [3.8, 4) is 0 Å². The van der Waals surface area contributed by atoms with Crippen LogP contribution in [0.15, 0.2) is 34.5 Å². The first-order valence-corrected chi connectivity index (χ1v) is 7.01. The zero-order valence-corrected chi connectivity index (χ0v) is 17.4. The molecule has 0 unspecified atom stereocenters. The number of hydrogen-bond acceptors (Lipinski definition) is 4. The molecular weight excluding hydrogens is 370 g/mol. The maximum absolute atomic E-state index is 5.00. The van der Waals surface area contributed by atoms with Crippen LogP contribution in [-0.4, -0.2) is 36.2 Å². The average Bonchev–Trinajstić information content (AvgIpc) is 2.50. The number of nitrogens with zero attached hydrogens (tertiary/aromatic N) is 2. The molecular formula is C13H18N6S2Zn. The number of rotatable bonds is 4. The summed E-state index contributed by atoms with van der Waals surface area (Å²) < 4.78 is 0. The molecule has 22 heavy (non-hydrogen) atoms. The molecule has 1 rings (SSSR count). The Morgan fingerprint density at radius 3 is 2.09 bits per heavy atom. The van der Waals surface area contributed by atoms with Gasteiger partial charge in [0, 0.05) is 39.1 Å². The third-order valence-corrected chi connectivity index (χ3v) is 3.02. The average molecular weight is 388 g/mol. The fourth-order valence-corrected chi connectivity index (χ4v) is 1.37. The van der Waals surface area contributed by atoms with E-state index in [0.29, 0.717) is 15.9 Å². The molecule has 0 aliphatic carbocycles. The second-order valence-electron chi connectivity index (χ2n) is 4.00. The predicted octanol–water partition coefficient (Wildman–Crippen LogP) is 0.870. The summed E-state index contributed by atoms with van der Waals surface area (Å²) in [6.45, 7) is 2.02. The van der Waals surface area contributed by atoms with Crippen LogP contribution in [-0.2, 0) is 19.5 Å². The van der Waals surface area contributed by atoms with Gasteiger partial charge in [-0.25, -0.2) is 0 Å². The van der Waals surface area contributed by atoms with E-state index in [1.165, 1.54) is 5.56 Å². The first kappa shape index (κ1) is 20.6. The fraction of sp³-hybridized carbons (Fsp3) is 0.231. The Morgan fingerprint density at radius 2 is 1.55 bits per heavy atom. The van der Waals surface area contributed by atoms with Gasteiger partial charge in [-0.2, -0.15) is 10.2 Å². The SMILES string of the molecule is CNC(=S)NN=CC(=NNC(=S)NC)c1ccc(C)cc1.[Zn]. The summed E-state index contributed by atoms with van der Waals surface area (Å²) in [4.78, 5) is 0. The van der Waals surface area contributed by atoms with Crippen molar-refractivity contribution in [2.75, 3.05) is 14.1 Å². The maximum atomic E-state index is 5.00. The minimum Gasteiger partial charge on any atom is -0.364 e. The van der Waals surface area contributed by atoms with Gasteiger partial charge in [-0.15, -0.1) is 0 Å². The van der Waals surface area contributed by atoms with E-state index in [1.54, 1.807) is 20.3 Å². The van der Waals surface area contributed by atoms with Gasteiger partial charge >= 0.3 is 0 Å². The van der Waals surface area contributed by atoms with E-state index < -0.39 is 0 Å². The molecule has 0 aromatic heterocycles. The summed E-state index contributed by atoms with van der Waals surface area (Å²) in [5, 5.41) is 14.7. The molecule has 0 bridgehead atoms. The first-order chi connectivity index (χ1) is 10.1. The van der Waals surface area contributed by atoms with Crippen LogP contribution in [0.2, 0.25) is 0 Å². The molecule has 0 fully saturated rings. The van der Waals surface area contributed by atoms with Crippen LogP contribution in [0.5, 0.6) is 0 Å². The van der Waals surface area contributed by atoms with Gasteiger partial charge in [-0.05, 0) is 31.4 Å². The molecule has 0 spiro atoms. The minimum absolute atomic E-state index is 0. The number of aryl methyl sites for hydroxylation is 1. The smallest absolute Gasteiger partial charge is 0.186 e. The second-order valence-corrected chi connectivity index (χ2v) is 4.82. The Kier molecular flexibility index (Phi) is 10.4.